The van der Waals surface area contributed by atoms with Crippen LogP contribution in [0.4, 0.5) is 13.2 Å². The Morgan fingerprint density at radius 2 is 2.06 bits per heavy atom. The molecule has 1 rings (SSSR count). The molecular weight excluding hydrogens is 249 g/mol. The SMILES string of the molecule is CCC(Oc1ccccc1C(F)(F)F)C(=O)NN. The number of carbonyl (C=O) groups is 1. The molecule has 0 radical (unpaired) electrons. The Labute approximate surface area is 102 Å². The van der Waals surface area contributed by atoms with Gasteiger partial charge in [-0.3, -0.25) is 10.2 Å². The smallest absolute Gasteiger partial charge is 0.419 e. The van der Waals surface area contributed by atoms with Crippen LogP contribution in [-0.2, 0) is 11.0 Å². The molecule has 1 amide bonds. The summed E-state index contributed by atoms with van der Waals surface area (Å²) in [5.41, 5.74) is 0.926. The second-order valence-corrected chi connectivity index (χ2v) is 3.52. The first-order chi connectivity index (χ1) is 8.40. The lowest BCUT2D eigenvalue weighted by atomic mass is 10.2. The number of benzene rings is 1. The number of hydrazine groups is 1. The lowest BCUT2D eigenvalue weighted by Gasteiger charge is -2.19. The van der Waals surface area contributed by atoms with Crippen molar-refractivity contribution in [1.29, 1.82) is 0 Å². The first-order valence-corrected chi connectivity index (χ1v) is 5.23. The van der Waals surface area contributed by atoms with Gasteiger partial charge in [-0.2, -0.15) is 13.2 Å². The number of ether oxygens (including phenoxy) is 1. The molecule has 0 heterocycles. The highest BCUT2D eigenvalue weighted by molar-refractivity contribution is 5.80. The van der Waals surface area contributed by atoms with Crippen molar-refractivity contribution in [2.75, 3.05) is 0 Å². The van der Waals surface area contributed by atoms with Crippen molar-refractivity contribution < 1.29 is 22.7 Å². The number of nitrogens with one attached hydrogen (secondary N) is 1. The molecule has 0 aliphatic heterocycles. The molecule has 7 heteroatoms. The van der Waals surface area contributed by atoms with Gasteiger partial charge >= 0.3 is 6.18 Å². The molecule has 0 aliphatic rings. The van der Waals surface area contributed by atoms with Gasteiger partial charge in [0.15, 0.2) is 6.10 Å². The van der Waals surface area contributed by atoms with Crippen LogP contribution in [0.1, 0.15) is 18.9 Å². The number of halogens is 3. The molecule has 3 N–H and O–H groups in total. The van der Waals surface area contributed by atoms with Crippen LogP contribution >= 0.6 is 0 Å². The van der Waals surface area contributed by atoms with Crippen LogP contribution in [0.25, 0.3) is 0 Å². The first-order valence-electron chi connectivity index (χ1n) is 5.23. The molecule has 0 bridgehead atoms. The van der Waals surface area contributed by atoms with Crippen molar-refractivity contribution in [1.82, 2.24) is 5.43 Å². The van der Waals surface area contributed by atoms with Gasteiger partial charge < -0.3 is 4.74 Å². The Morgan fingerprint density at radius 3 is 2.56 bits per heavy atom. The highest BCUT2D eigenvalue weighted by Crippen LogP contribution is 2.36. The minimum absolute atomic E-state index is 0.204. The second-order valence-electron chi connectivity index (χ2n) is 3.52. The Balaban J connectivity index is 3.00. The van der Waals surface area contributed by atoms with Gasteiger partial charge in [0.1, 0.15) is 5.75 Å². The summed E-state index contributed by atoms with van der Waals surface area (Å²) < 4.78 is 43.1. The minimum Gasteiger partial charge on any atom is -0.480 e. The third-order valence-corrected chi connectivity index (χ3v) is 2.27. The van der Waals surface area contributed by atoms with E-state index < -0.39 is 23.8 Å². The van der Waals surface area contributed by atoms with E-state index in [-0.39, 0.29) is 12.2 Å². The van der Waals surface area contributed by atoms with Crippen molar-refractivity contribution in [3.05, 3.63) is 29.8 Å². The number of nitrogens with two attached hydrogens (primary N) is 1. The number of rotatable bonds is 4. The quantitative estimate of drug-likeness (QED) is 0.494. The van der Waals surface area contributed by atoms with Gasteiger partial charge in [0.25, 0.3) is 5.91 Å². The summed E-state index contributed by atoms with van der Waals surface area (Å²) in [4.78, 5) is 11.3. The second kappa shape index (κ2) is 5.72. The Bertz CT molecular complexity index is 421. The van der Waals surface area contributed by atoms with Gasteiger partial charge in [-0.15, -0.1) is 0 Å². The van der Waals surface area contributed by atoms with E-state index >= 15 is 0 Å². The summed E-state index contributed by atoms with van der Waals surface area (Å²) in [6.45, 7) is 1.61. The summed E-state index contributed by atoms with van der Waals surface area (Å²) in [7, 11) is 0. The van der Waals surface area contributed by atoms with Crippen LogP contribution in [0.5, 0.6) is 5.75 Å². The molecule has 100 valence electrons. The van der Waals surface area contributed by atoms with E-state index in [4.69, 9.17) is 10.6 Å². The summed E-state index contributed by atoms with van der Waals surface area (Å²) >= 11 is 0. The normalized spacial score (nSPS) is 12.9. The number of hydrogen-bond donors (Lipinski definition) is 2. The standard InChI is InChI=1S/C11H13F3N2O2/c1-2-8(10(17)16-15)18-9-6-4-3-5-7(9)11(12,13)14/h3-6,8H,2,15H2,1H3,(H,16,17). The van der Waals surface area contributed by atoms with Gasteiger partial charge in [-0.05, 0) is 18.6 Å². The topological polar surface area (TPSA) is 64.3 Å². The maximum atomic E-state index is 12.7. The maximum absolute atomic E-state index is 12.7. The lowest BCUT2D eigenvalue weighted by Crippen LogP contribution is -2.42. The Hall–Kier alpha value is -1.76. The largest absolute Gasteiger partial charge is 0.480 e. The average molecular weight is 262 g/mol. The number of hydrogen-bond acceptors (Lipinski definition) is 3. The molecule has 0 saturated heterocycles. The van der Waals surface area contributed by atoms with Crippen molar-refractivity contribution >= 4 is 5.91 Å². The number of para-hydroxylation sites is 1. The zero-order valence-corrected chi connectivity index (χ0v) is 9.62. The van der Waals surface area contributed by atoms with Gasteiger partial charge in [0.2, 0.25) is 0 Å². The molecule has 18 heavy (non-hydrogen) atoms. The zero-order valence-electron chi connectivity index (χ0n) is 9.62. The van der Waals surface area contributed by atoms with Crippen LogP contribution in [0, 0.1) is 0 Å². The van der Waals surface area contributed by atoms with Crippen LogP contribution in [-0.4, -0.2) is 12.0 Å². The zero-order chi connectivity index (χ0) is 13.8. The van der Waals surface area contributed by atoms with Gasteiger partial charge in [-0.1, -0.05) is 19.1 Å². The van der Waals surface area contributed by atoms with E-state index in [0.717, 1.165) is 12.1 Å². The van der Waals surface area contributed by atoms with Crippen molar-refractivity contribution in [3.8, 4) is 5.75 Å². The van der Waals surface area contributed by atoms with Crippen LogP contribution in [0.2, 0.25) is 0 Å². The summed E-state index contributed by atoms with van der Waals surface area (Å²) in [6, 6.07) is 4.70. The van der Waals surface area contributed by atoms with E-state index in [1.54, 1.807) is 6.92 Å². The van der Waals surface area contributed by atoms with E-state index in [9.17, 15) is 18.0 Å². The highest BCUT2D eigenvalue weighted by Gasteiger charge is 2.35. The van der Waals surface area contributed by atoms with Crippen molar-refractivity contribution in [2.45, 2.75) is 25.6 Å². The van der Waals surface area contributed by atoms with Crippen molar-refractivity contribution in [2.24, 2.45) is 5.84 Å². The van der Waals surface area contributed by atoms with Crippen LogP contribution in [0.3, 0.4) is 0 Å². The highest BCUT2D eigenvalue weighted by atomic mass is 19.4. The molecule has 4 nitrogen and oxygen atoms in total. The Kier molecular flexibility index (Phi) is 4.55. The fourth-order valence-electron chi connectivity index (χ4n) is 1.37. The van der Waals surface area contributed by atoms with E-state index in [1.165, 1.54) is 12.1 Å². The summed E-state index contributed by atoms with van der Waals surface area (Å²) in [5, 5.41) is 0. The molecule has 0 aromatic heterocycles. The number of carbonyl (C=O) groups excluding carboxylic acids is 1. The van der Waals surface area contributed by atoms with Gasteiger partial charge in [0.05, 0.1) is 5.56 Å². The number of alkyl halides is 3. The fraction of sp³-hybridized carbons (Fsp3) is 0.364. The van der Waals surface area contributed by atoms with E-state index in [0.29, 0.717) is 0 Å². The van der Waals surface area contributed by atoms with E-state index in [1.807, 2.05) is 5.43 Å². The van der Waals surface area contributed by atoms with E-state index in [2.05, 4.69) is 0 Å². The molecule has 1 atom stereocenters. The predicted molar refractivity (Wildman–Crippen MR) is 58.5 cm³/mol. The fourth-order valence-corrected chi connectivity index (χ4v) is 1.37. The maximum Gasteiger partial charge on any atom is 0.419 e. The Morgan fingerprint density at radius 1 is 1.44 bits per heavy atom. The molecule has 0 aliphatic carbocycles. The third-order valence-electron chi connectivity index (χ3n) is 2.27. The average Bonchev–Trinajstić information content (AvgIpc) is 2.34. The van der Waals surface area contributed by atoms with Gasteiger partial charge in [0, 0.05) is 0 Å². The first kappa shape index (κ1) is 14.3. The summed E-state index contributed by atoms with van der Waals surface area (Å²) in [6.07, 6.45) is -5.39. The lowest BCUT2D eigenvalue weighted by molar-refractivity contribution is -0.141. The van der Waals surface area contributed by atoms with Gasteiger partial charge in [-0.25, -0.2) is 5.84 Å². The molecule has 0 spiro atoms. The monoisotopic (exact) mass is 262 g/mol. The molecule has 0 saturated carbocycles. The molecular formula is C11H13F3N2O2. The summed E-state index contributed by atoms with van der Waals surface area (Å²) in [5.74, 6) is 3.86. The molecule has 0 fully saturated rings. The number of amides is 1. The van der Waals surface area contributed by atoms with Crippen molar-refractivity contribution in [3.63, 3.8) is 0 Å². The van der Waals surface area contributed by atoms with Crippen LogP contribution in [0.15, 0.2) is 24.3 Å². The molecule has 1 aromatic rings. The third kappa shape index (κ3) is 3.36. The minimum atomic E-state index is -4.53. The predicted octanol–water partition coefficient (Wildman–Crippen LogP) is 1.85. The van der Waals surface area contributed by atoms with Crippen LogP contribution < -0.4 is 16.0 Å². The molecule has 1 aromatic carbocycles. The molecule has 1 unspecified atom stereocenters.